The lowest BCUT2D eigenvalue weighted by Gasteiger charge is -2.20. The van der Waals surface area contributed by atoms with Gasteiger partial charge in [-0.1, -0.05) is 30.3 Å². The summed E-state index contributed by atoms with van der Waals surface area (Å²) in [5, 5.41) is 27.5. The number of carbonyl (C=O) groups is 1. The van der Waals surface area contributed by atoms with Gasteiger partial charge in [-0.3, -0.25) is 0 Å². The summed E-state index contributed by atoms with van der Waals surface area (Å²) >= 11 is 0. The van der Waals surface area contributed by atoms with Crippen LogP contribution in [0.4, 0.5) is 0 Å². The van der Waals surface area contributed by atoms with Crippen molar-refractivity contribution in [1.29, 1.82) is 10.7 Å². The maximum Gasteiger partial charge on any atom is 0.547 e. The fourth-order valence-electron chi connectivity index (χ4n) is 1.51. The first-order valence-corrected chi connectivity index (χ1v) is 6.09. The lowest BCUT2D eigenvalue weighted by Crippen LogP contribution is -2.28. The van der Waals surface area contributed by atoms with Crippen LogP contribution in [-0.2, 0) is 19.9 Å². The van der Waals surface area contributed by atoms with E-state index in [1.165, 1.54) is 6.92 Å². The smallest absolute Gasteiger partial charge is 0.475 e. The van der Waals surface area contributed by atoms with E-state index in [9.17, 15) is 15.2 Å². The Morgan fingerprint density at radius 1 is 1.43 bits per heavy atom. The van der Waals surface area contributed by atoms with Gasteiger partial charge in [-0.25, -0.2) is 4.79 Å². The molecule has 0 aliphatic heterocycles. The summed E-state index contributed by atoms with van der Waals surface area (Å²) in [6.45, 7) is 3.01. The molecule has 21 heavy (non-hydrogen) atoms. The molecule has 0 amide bonds. The summed E-state index contributed by atoms with van der Waals surface area (Å²) in [5.41, 5.74) is -1.97. The van der Waals surface area contributed by atoms with Crippen LogP contribution < -0.4 is 0 Å². The number of nitriles is 1. The molecular formula is C14H14N3O4+. The average Bonchev–Trinajstić information content (AvgIpc) is 2.49. The van der Waals surface area contributed by atoms with E-state index in [4.69, 9.17) is 10.1 Å². The molecule has 0 saturated carbocycles. The van der Waals surface area contributed by atoms with Crippen molar-refractivity contribution in [3.05, 3.63) is 52.5 Å². The van der Waals surface area contributed by atoms with Crippen LogP contribution in [0.1, 0.15) is 19.4 Å². The second kappa shape index (κ2) is 6.92. The van der Waals surface area contributed by atoms with E-state index in [0.29, 0.717) is 5.56 Å². The van der Waals surface area contributed by atoms with Crippen LogP contribution in [0.2, 0.25) is 0 Å². The predicted octanol–water partition coefficient (Wildman–Crippen LogP) is 2.59. The number of hydrogen-bond donors (Lipinski definition) is 1. The normalized spacial score (nSPS) is 13.9. The highest BCUT2D eigenvalue weighted by atomic mass is 16.6. The summed E-state index contributed by atoms with van der Waals surface area (Å²) in [6.07, 6.45) is 0. The van der Waals surface area contributed by atoms with Crippen molar-refractivity contribution in [1.82, 2.24) is 0 Å². The molecule has 0 aliphatic carbocycles. The van der Waals surface area contributed by atoms with Gasteiger partial charge in [-0.05, 0) is 13.8 Å². The molecule has 1 unspecified atom stereocenters. The minimum Gasteiger partial charge on any atom is -0.475 e. The number of esters is 1. The minimum absolute atomic E-state index is 0.0618. The highest BCUT2D eigenvalue weighted by Gasteiger charge is 2.40. The molecule has 0 aliphatic rings. The molecule has 0 heterocycles. The van der Waals surface area contributed by atoms with E-state index in [-0.39, 0.29) is 6.61 Å². The third kappa shape index (κ3) is 3.71. The standard InChI is InChI=1S/C14H13N3O4/c1-3-20-12(18)11(17-16)13(19)21-14(2,9-15)10-7-5-4-6-8-10/h4-8H,3H2,1-2H3/p+1. The van der Waals surface area contributed by atoms with Gasteiger partial charge in [0, 0.05) is 5.56 Å². The molecule has 0 saturated heterocycles. The summed E-state index contributed by atoms with van der Waals surface area (Å²) in [7, 11) is 0. The van der Waals surface area contributed by atoms with Crippen molar-refractivity contribution in [2.75, 3.05) is 6.61 Å². The Kier molecular flexibility index (Phi) is 5.27. The van der Waals surface area contributed by atoms with Gasteiger partial charge in [0.2, 0.25) is 11.0 Å². The van der Waals surface area contributed by atoms with Crippen molar-refractivity contribution in [2.45, 2.75) is 19.4 Å². The Bertz CT molecular complexity index is 628. The average molecular weight is 288 g/mol. The summed E-state index contributed by atoms with van der Waals surface area (Å²) in [4.78, 5) is 14.6. The van der Waals surface area contributed by atoms with Crippen LogP contribution in [0.3, 0.4) is 0 Å². The van der Waals surface area contributed by atoms with E-state index < -0.39 is 23.2 Å². The fourth-order valence-corrected chi connectivity index (χ4v) is 1.51. The Balaban J connectivity index is 3.08. The number of rotatable bonds is 5. The molecule has 1 aromatic rings. The Morgan fingerprint density at radius 3 is 2.52 bits per heavy atom. The number of aliphatic hydroxyl groups excluding tert-OH is 1. The zero-order chi connectivity index (χ0) is 15.9. The molecule has 0 fully saturated rings. The van der Waals surface area contributed by atoms with Gasteiger partial charge in [0.1, 0.15) is 6.07 Å². The first-order chi connectivity index (χ1) is 9.98. The van der Waals surface area contributed by atoms with Crippen LogP contribution in [0.25, 0.3) is 4.98 Å². The fraction of sp³-hybridized carbons (Fsp3) is 0.286. The maximum atomic E-state index is 11.9. The van der Waals surface area contributed by atoms with Crippen molar-refractivity contribution in [2.24, 2.45) is 0 Å². The van der Waals surface area contributed by atoms with E-state index in [2.05, 4.69) is 9.71 Å². The highest BCUT2D eigenvalue weighted by Crippen LogP contribution is 2.26. The molecule has 1 N–H and O–H groups in total. The third-order valence-electron chi connectivity index (χ3n) is 2.61. The molecular weight excluding hydrogens is 274 g/mol. The third-order valence-corrected chi connectivity index (χ3v) is 2.61. The number of carbonyl (C=O) groups excluding carboxylic acids is 1. The molecule has 0 bridgehead atoms. The van der Waals surface area contributed by atoms with Crippen molar-refractivity contribution >= 4 is 5.97 Å². The minimum atomic E-state index is -1.60. The SMILES string of the molecule is CCO/C(O)=C(\[N+]#N)C(=O)OC(C)(C#N)c1ccccc1. The summed E-state index contributed by atoms with van der Waals surface area (Å²) in [6, 6.07) is 10.2. The molecule has 7 nitrogen and oxygen atoms in total. The van der Waals surface area contributed by atoms with E-state index >= 15 is 0 Å². The Hall–Kier alpha value is -3.06. The summed E-state index contributed by atoms with van der Waals surface area (Å²) in [5.74, 6) is -2.06. The number of hydrogen-bond acceptors (Lipinski definition) is 6. The van der Waals surface area contributed by atoms with E-state index in [1.807, 2.05) is 6.07 Å². The lowest BCUT2D eigenvalue weighted by atomic mass is 9.97. The van der Waals surface area contributed by atoms with Crippen molar-refractivity contribution in [3.63, 3.8) is 0 Å². The van der Waals surface area contributed by atoms with Gasteiger partial charge in [0.05, 0.1) is 6.61 Å². The topological polar surface area (TPSA) is 108 Å². The number of benzene rings is 1. The molecule has 1 atom stereocenters. The molecule has 1 rings (SSSR count). The molecule has 1 aromatic carbocycles. The second-order valence-electron chi connectivity index (χ2n) is 4.09. The maximum absolute atomic E-state index is 11.9. The van der Waals surface area contributed by atoms with Gasteiger partial charge in [0.15, 0.2) is 4.98 Å². The van der Waals surface area contributed by atoms with Gasteiger partial charge < -0.3 is 14.6 Å². The summed E-state index contributed by atoms with van der Waals surface area (Å²) < 4.78 is 9.71. The van der Waals surface area contributed by atoms with Crippen LogP contribution in [0.15, 0.2) is 42.0 Å². The monoisotopic (exact) mass is 288 g/mol. The second-order valence-corrected chi connectivity index (χ2v) is 4.09. The first kappa shape index (κ1) is 16.0. The molecule has 0 aromatic heterocycles. The predicted molar refractivity (Wildman–Crippen MR) is 71.9 cm³/mol. The molecule has 7 heteroatoms. The Labute approximate surface area is 121 Å². The number of ether oxygens (including phenoxy) is 2. The zero-order valence-electron chi connectivity index (χ0n) is 11.6. The molecule has 0 spiro atoms. The van der Waals surface area contributed by atoms with Gasteiger partial charge >= 0.3 is 17.6 Å². The van der Waals surface area contributed by atoms with Crippen LogP contribution in [-0.4, -0.2) is 17.7 Å². The number of nitrogens with zero attached hydrogens (tertiary/aromatic N) is 3. The van der Waals surface area contributed by atoms with Crippen molar-refractivity contribution in [3.8, 4) is 6.07 Å². The molecule has 108 valence electrons. The van der Waals surface area contributed by atoms with Crippen LogP contribution in [0.5, 0.6) is 0 Å². The largest absolute Gasteiger partial charge is 0.547 e. The van der Waals surface area contributed by atoms with Crippen LogP contribution in [0, 0.1) is 16.7 Å². The van der Waals surface area contributed by atoms with Gasteiger partial charge in [0.25, 0.3) is 0 Å². The first-order valence-electron chi connectivity index (χ1n) is 6.09. The van der Waals surface area contributed by atoms with Crippen molar-refractivity contribution < 1.29 is 19.4 Å². The number of aliphatic hydroxyl groups is 1. The quantitative estimate of drug-likeness (QED) is 0.386. The van der Waals surface area contributed by atoms with Gasteiger partial charge in [-0.15, -0.1) is 0 Å². The highest BCUT2D eigenvalue weighted by molar-refractivity contribution is 5.91. The van der Waals surface area contributed by atoms with Crippen LogP contribution >= 0.6 is 0 Å². The Morgan fingerprint density at radius 2 is 2.05 bits per heavy atom. The van der Waals surface area contributed by atoms with E-state index in [0.717, 1.165) is 0 Å². The van der Waals surface area contributed by atoms with E-state index in [1.54, 1.807) is 37.3 Å². The van der Waals surface area contributed by atoms with Gasteiger partial charge in [-0.2, -0.15) is 5.26 Å². The lowest BCUT2D eigenvalue weighted by molar-refractivity contribution is -0.149. The molecule has 0 radical (unpaired) electrons. The zero-order valence-corrected chi connectivity index (χ0v) is 11.6. The number of diazo groups is 1.